The zero-order chi connectivity index (χ0) is 11.8. The van der Waals surface area contributed by atoms with Crippen LogP contribution >= 0.6 is 24.0 Å². The van der Waals surface area contributed by atoms with E-state index in [0.29, 0.717) is 0 Å². The molecule has 1 N–H and O–H groups in total. The lowest BCUT2D eigenvalue weighted by atomic mass is 9.94. The number of halogens is 2. The van der Waals surface area contributed by atoms with Crippen molar-refractivity contribution in [3.63, 3.8) is 0 Å². The first-order valence-corrected chi connectivity index (χ1v) is 6.20. The van der Waals surface area contributed by atoms with Crippen LogP contribution in [0, 0.1) is 0 Å². The van der Waals surface area contributed by atoms with Gasteiger partial charge in [0.15, 0.2) is 0 Å². The Balaban J connectivity index is 0.00000120. The molecule has 0 saturated carbocycles. The molecule has 2 aromatic rings. The Bertz CT molecular complexity index is 601. The van der Waals surface area contributed by atoms with Crippen molar-refractivity contribution < 1.29 is 4.42 Å². The number of nitrogens with one attached hydrogen (secondary N) is 1. The third kappa shape index (κ3) is 2.28. The summed E-state index contributed by atoms with van der Waals surface area (Å²) in [6.07, 6.45) is 2.75. The van der Waals surface area contributed by atoms with Crippen LogP contribution < -0.4 is 5.32 Å². The summed E-state index contributed by atoms with van der Waals surface area (Å²) in [6, 6.07) is 5.92. The molecule has 0 aliphatic carbocycles. The van der Waals surface area contributed by atoms with E-state index in [9.17, 15) is 0 Å². The Morgan fingerprint density at radius 2 is 2.17 bits per heavy atom. The monoisotopic (exact) mass is 283 g/mol. The molecule has 2 heterocycles. The van der Waals surface area contributed by atoms with Gasteiger partial charge in [-0.05, 0) is 43.7 Å². The summed E-state index contributed by atoms with van der Waals surface area (Å²) in [6.45, 7) is 4.13. The third-order valence-corrected chi connectivity index (χ3v) is 3.52. The highest BCUT2D eigenvalue weighted by molar-refractivity contribution is 6.31. The van der Waals surface area contributed by atoms with Crippen LogP contribution in [-0.2, 0) is 0 Å². The van der Waals surface area contributed by atoms with Crippen molar-refractivity contribution in [2.75, 3.05) is 13.1 Å². The van der Waals surface area contributed by atoms with Crippen LogP contribution in [0.3, 0.4) is 0 Å². The number of hydrogen-bond donors (Lipinski definition) is 1. The zero-order valence-corrected chi connectivity index (χ0v) is 11.7. The van der Waals surface area contributed by atoms with Gasteiger partial charge in [0.1, 0.15) is 5.58 Å². The number of rotatable bonds is 1. The number of furan rings is 1. The topological polar surface area (TPSA) is 25.2 Å². The van der Waals surface area contributed by atoms with Gasteiger partial charge in [0.25, 0.3) is 0 Å². The van der Waals surface area contributed by atoms with Gasteiger partial charge in [-0.15, -0.1) is 12.4 Å². The Kier molecular flexibility index (Phi) is 4.00. The minimum atomic E-state index is 0. The van der Waals surface area contributed by atoms with Gasteiger partial charge in [-0.2, -0.15) is 0 Å². The Labute approximate surface area is 117 Å². The van der Waals surface area contributed by atoms with E-state index >= 15 is 0 Å². The van der Waals surface area contributed by atoms with Crippen molar-refractivity contribution in [2.24, 2.45) is 0 Å². The van der Waals surface area contributed by atoms with Gasteiger partial charge in [-0.1, -0.05) is 17.2 Å². The molecule has 0 amide bonds. The van der Waals surface area contributed by atoms with E-state index in [2.05, 4.69) is 12.2 Å². The molecule has 1 aliphatic heterocycles. The maximum Gasteiger partial charge on any atom is 0.141 e. The van der Waals surface area contributed by atoms with Crippen molar-refractivity contribution in [1.82, 2.24) is 5.32 Å². The van der Waals surface area contributed by atoms with Crippen molar-refractivity contribution in [2.45, 2.75) is 13.3 Å². The average Bonchev–Trinajstić information content (AvgIpc) is 2.76. The van der Waals surface area contributed by atoms with Crippen molar-refractivity contribution in [1.29, 1.82) is 0 Å². The summed E-state index contributed by atoms with van der Waals surface area (Å²) in [7, 11) is 0. The summed E-state index contributed by atoms with van der Waals surface area (Å²) in [5, 5.41) is 5.22. The van der Waals surface area contributed by atoms with Crippen LogP contribution in [0.5, 0.6) is 0 Å². The lowest BCUT2D eigenvalue weighted by Gasteiger charge is -2.19. The van der Waals surface area contributed by atoms with Crippen molar-refractivity contribution >= 4 is 40.6 Å². The largest absolute Gasteiger partial charge is 0.464 e. The second-order valence-electron chi connectivity index (χ2n) is 4.48. The molecule has 2 nitrogen and oxygen atoms in total. The van der Waals surface area contributed by atoms with Gasteiger partial charge in [0.2, 0.25) is 0 Å². The smallest absolute Gasteiger partial charge is 0.141 e. The molecule has 4 heteroatoms. The predicted octanol–water partition coefficient (Wildman–Crippen LogP) is 4.27. The van der Waals surface area contributed by atoms with E-state index in [1.54, 1.807) is 6.26 Å². The molecule has 1 aromatic heterocycles. The maximum atomic E-state index is 6.17. The standard InChI is InChI=1S/C14H14ClNO.ClH/c1-9-8-16-4-2-12(9)13-7-11(15)6-10-3-5-17-14(10)13;/h3,5-7,16H,2,4,8H2,1H3;1H. The molecule has 1 aliphatic rings. The van der Waals surface area contributed by atoms with Crippen LogP contribution in [0.1, 0.15) is 18.9 Å². The van der Waals surface area contributed by atoms with E-state index in [4.69, 9.17) is 16.0 Å². The summed E-state index contributed by atoms with van der Waals surface area (Å²) in [5.74, 6) is 0. The lowest BCUT2D eigenvalue weighted by molar-refractivity contribution is 0.613. The molecule has 0 unspecified atom stereocenters. The van der Waals surface area contributed by atoms with Gasteiger partial charge in [-0.25, -0.2) is 0 Å². The number of fused-ring (bicyclic) bond motifs is 1. The second-order valence-corrected chi connectivity index (χ2v) is 4.91. The van der Waals surface area contributed by atoms with Crippen LogP contribution in [-0.4, -0.2) is 13.1 Å². The Morgan fingerprint density at radius 1 is 1.33 bits per heavy atom. The quantitative estimate of drug-likeness (QED) is 0.845. The van der Waals surface area contributed by atoms with Crippen LogP contribution in [0.4, 0.5) is 0 Å². The highest BCUT2D eigenvalue weighted by Gasteiger charge is 2.15. The molecule has 0 spiro atoms. The average molecular weight is 284 g/mol. The normalized spacial score (nSPS) is 15.9. The second kappa shape index (κ2) is 5.35. The maximum absolute atomic E-state index is 6.17. The number of hydrogen-bond acceptors (Lipinski definition) is 2. The molecular weight excluding hydrogens is 269 g/mol. The molecular formula is C14H15Cl2NO. The molecule has 3 rings (SSSR count). The Morgan fingerprint density at radius 3 is 2.94 bits per heavy atom. The summed E-state index contributed by atoms with van der Waals surface area (Å²) in [5.41, 5.74) is 4.84. The molecule has 0 saturated heterocycles. The SMILES string of the molecule is CC1=C(c2cc(Cl)cc3ccoc23)CCNC1.Cl. The van der Waals surface area contributed by atoms with E-state index < -0.39 is 0 Å². The van der Waals surface area contributed by atoms with E-state index in [-0.39, 0.29) is 12.4 Å². The fraction of sp³-hybridized carbons (Fsp3) is 0.286. The van der Waals surface area contributed by atoms with Crippen LogP contribution in [0.15, 0.2) is 34.5 Å². The highest BCUT2D eigenvalue weighted by atomic mass is 35.5. The molecule has 0 fully saturated rings. The highest BCUT2D eigenvalue weighted by Crippen LogP contribution is 2.33. The molecule has 18 heavy (non-hydrogen) atoms. The van der Waals surface area contributed by atoms with E-state index in [1.807, 2.05) is 18.2 Å². The van der Waals surface area contributed by atoms with E-state index in [1.165, 1.54) is 11.1 Å². The fourth-order valence-electron chi connectivity index (χ4n) is 2.44. The minimum absolute atomic E-state index is 0. The fourth-order valence-corrected chi connectivity index (χ4v) is 2.67. The molecule has 0 atom stereocenters. The zero-order valence-electron chi connectivity index (χ0n) is 10.1. The first-order valence-electron chi connectivity index (χ1n) is 5.82. The van der Waals surface area contributed by atoms with Gasteiger partial charge in [0.05, 0.1) is 6.26 Å². The van der Waals surface area contributed by atoms with Gasteiger partial charge in [0, 0.05) is 22.5 Å². The van der Waals surface area contributed by atoms with Gasteiger partial charge in [-0.3, -0.25) is 0 Å². The van der Waals surface area contributed by atoms with Crippen molar-refractivity contribution in [3.8, 4) is 0 Å². The predicted molar refractivity (Wildman–Crippen MR) is 78.6 cm³/mol. The lowest BCUT2D eigenvalue weighted by Crippen LogP contribution is -2.23. The molecule has 0 bridgehead atoms. The summed E-state index contributed by atoms with van der Waals surface area (Å²) in [4.78, 5) is 0. The number of benzene rings is 1. The van der Waals surface area contributed by atoms with Crippen LogP contribution in [0.25, 0.3) is 16.5 Å². The molecule has 1 aromatic carbocycles. The summed E-state index contributed by atoms with van der Waals surface area (Å²) < 4.78 is 5.59. The molecule has 0 radical (unpaired) electrons. The van der Waals surface area contributed by atoms with Gasteiger partial charge >= 0.3 is 0 Å². The van der Waals surface area contributed by atoms with Crippen molar-refractivity contribution in [3.05, 3.63) is 40.6 Å². The summed E-state index contributed by atoms with van der Waals surface area (Å²) >= 11 is 6.17. The first kappa shape index (κ1) is 13.5. The first-order chi connectivity index (χ1) is 8.25. The minimum Gasteiger partial charge on any atom is -0.464 e. The van der Waals surface area contributed by atoms with E-state index in [0.717, 1.165) is 41.1 Å². The third-order valence-electron chi connectivity index (χ3n) is 3.30. The van der Waals surface area contributed by atoms with Gasteiger partial charge < -0.3 is 9.73 Å². The Hall–Kier alpha value is -0.960. The molecule has 96 valence electrons. The van der Waals surface area contributed by atoms with Crippen LogP contribution in [0.2, 0.25) is 5.02 Å².